The van der Waals surface area contributed by atoms with E-state index in [1.54, 1.807) is 10.8 Å². The standard InChI is InChI=1S/C29H26N2O3S/c32-24(20-9-2-1-3-10-20)19-35-28-30-26-23-13-5-4-11-21(23)17-29(14-6-7-15-29)25(26)27(33)31(28)18-22-12-8-16-34-22/h1-5,8-13,16H,6-7,14-15,17-19H2. The summed E-state index contributed by atoms with van der Waals surface area (Å²) in [5.74, 6) is 0.918. The number of benzene rings is 2. The fourth-order valence-electron chi connectivity index (χ4n) is 5.69. The third-order valence-corrected chi connectivity index (χ3v) is 8.33. The SMILES string of the molecule is O=C(CSc1nc2c(c(=O)n1Cc1ccco1)C1(CCCC1)Cc1ccccc1-2)c1ccccc1. The highest BCUT2D eigenvalue weighted by Crippen LogP contribution is 2.50. The highest BCUT2D eigenvalue weighted by atomic mass is 32.2. The number of furan rings is 1. The van der Waals surface area contributed by atoms with Gasteiger partial charge in [0.25, 0.3) is 5.56 Å². The van der Waals surface area contributed by atoms with Crippen LogP contribution in [0.1, 0.15) is 52.9 Å². The van der Waals surface area contributed by atoms with Gasteiger partial charge in [-0.25, -0.2) is 4.98 Å². The van der Waals surface area contributed by atoms with E-state index in [0.717, 1.165) is 48.9 Å². The molecule has 35 heavy (non-hydrogen) atoms. The van der Waals surface area contributed by atoms with E-state index < -0.39 is 0 Å². The van der Waals surface area contributed by atoms with Crippen molar-refractivity contribution >= 4 is 17.5 Å². The van der Waals surface area contributed by atoms with Crippen molar-refractivity contribution in [3.63, 3.8) is 0 Å². The van der Waals surface area contributed by atoms with Gasteiger partial charge in [-0.2, -0.15) is 0 Å². The van der Waals surface area contributed by atoms with Gasteiger partial charge in [-0.15, -0.1) is 0 Å². The van der Waals surface area contributed by atoms with Crippen molar-refractivity contribution < 1.29 is 9.21 Å². The number of ketones is 1. The van der Waals surface area contributed by atoms with Crippen LogP contribution < -0.4 is 5.56 Å². The van der Waals surface area contributed by atoms with Crippen LogP contribution in [0.4, 0.5) is 0 Å². The summed E-state index contributed by atoms with van der Waals surface area (Å²) in [7, 11) is 0. The zero-order valence-electron chi connectivity index (χ0n) is 19.4. The number of hydrogen-bond acceptors (Lipinski definition) is 5. The van der Waals surface area contributed by atoms with Crippen LogP contribution in [-0.2, 0) is 18.4 Å². The molecule has 0 radical (unpaired) electrons. The Morgan fingerprint density at radius 2 is 1.77 bits per heavy atom. The largest absolute Gasteiger partial charge is 0.467 e. The number of fused-ring (bicyclic) bond motifs is 4. The van der Waals surface area contributed by atoms with Crippen molar-refractivity contribution in [3.8, 4) is 11.3 Å². The van der Waals surface area contributed by atoms with Crippen molar-refractivity contribution in [1.29, 1.82) is 0 Å². The van der Waals surface area contributed by atoms with Crippen molar-refractivity contribution in [1.82, 2.24) is 9.55 Å². The van der Waals surface area contributed by atoms with Crippen LogP contribution in [0.15, 0.2) is 87.4 Å². The molecule has 1 spiro atoms. The second-order valence-electron chi connectivity index (χ2n) is 9.49. The summed E-state index contributed by atoms with van der Waals surface area (Å²) in [5.41, 5.74) is 4.43. The summed E-state index contributed by atoms with van der Waals surface area (Å²) < 4.78 is 7.31. The van der Waals surface area contributed by atoms with Gasteiger partial charge in [0, 0.05) is 16.5 Å². The highest BCUT2D eigenvalue weighted by molar-refractivity contribution is 7.99. The van der Waals surface area contributed by atoms with Crippen LogP contribution in [0.25, 0.3) is 11.3 Å². The van der Waals surface area contributed by atoms with Crippen molar-refractivity contribution in [3.05, 3.63) is 106 Å². The number of rotatable bonds is 6. The van der Waals surface area contributed by atoms with Gasteiger partial charge >= 0.3 is 0 Å². The minimum atomic E-state index is -0.165. The van der Waals surface area contributed by atoms with Gasteiger partial charge in [0.05, 0.1) is 29.8 Å². The average Bonchev–Trinajstić information content (AvgIpc) is 3.57. The highest BCUT2D eigenvalue weighted by Gasteiger charge is 2.44. The molecular formula is C29H26N2O3S. The summed E-state index contributed by atoms with van der Waals surface area (Å²) in [6.45, 7) is 0.297. The lowest BCUT2D eigenvalue weighted by molar-refractivity contribution is 0.102. The normalized spacial score (nSPS) is 15.7. The molecular weight excluding hydrogens is 456 g/mol. The summed E-state index contributed by atoms with van der Waals surface area (Å²) in [6, 6.07) is 21.3. The quantitative estimate of drug-likeness (QED) is 0.195. The number of hydrogen-bond donors (Lipinski definition) is 0. The van der Waals surface area contributed by atoms with Crippen LogP contribution in [0, 0.1) is 0 Å². The topological polar surface area (TPSA) is 65.1 Å². The van der Waals surface area contributed by atoms with Crippen LogP contribution >= 0.6 is 11.8 Å². The van der Waals surface area contributed by atoms with Gasteiger partial charge in [0.1, 0.15) is 5.76 Å². The number of carbonyl (C=O) groups excluding carboxylic acids is 1. The zero-order valence-corrected chi connectivity index (χ0v) is 20.2. The monoisotopic (exact) mass is 482 g/mol. The molecule has 0 bridgehead atoms. The fraction of sp³-hybridized carbons (Fsp3) is 0.276. The molecule has 6 rings (SSSR count). The predicted molar refractivity (Wildman–Crippen MR) is 137 cm³/mol. The first-order chi connectivity index (χ1) is 17.1. The van der Waals surface area contributed by atoms with Gasteiger partial charge in [-0.1, -0.05) is 79.2 Å². The Bertz CT molecular complexity index is 1430. The van der Waals surface area contributed by atoms with E-state index in [4.69, 9.17) is 9.40 Å². The molecule has 0 amide bonds. The maximum absolute atomic E-state index is 14.2. The maximum atomic E-state index is 14.2. The summed E-state index contributed by atoms with van der Waals surface area (Å²) in [4.78, 5) is 32.2. The van der Waals surface area contributed by atoms with E-state index in [0.29, 0.717) is 23.0 Å². The third-order valence-electron chi connectivity index (χ3n) is 7.35. The fourth-order valence-corrected chi connectivity index (χ4v) is 6.58. The Morgan fingerprint density at radius 1 is 1.00 bits per heavy atom. The van der Waals surface area contributed by atoms with Crippen LogP contribution in [0.5, 0.6) is 0 Å². The van der Waals surface area contributed by atoms with Crippen LogP contribution in [0.3, 0.4) is 0 Å². The molecule has 5 nitrogen and oxygen atoms in total. The lowest BCUT2D eigenvalue weighted by atomic mass is 9.68. The Kier molecular flexibility index (Phi) is 5.69. The number of Topliss-reactive ketones (excluding diaryl/α,β-unsaturated/α-hetero) is 1. The average molecular weight is 483 g/mol. The number of thioether (sulfide) groups is 1. The van der Waals surface area contributed by atoms with Gasteiger partial charge < -0.3 is 4.42 Å². The molecule has 1 saturated carbocycles. The minimum Gasteiger partial charge on any atom is -0.467 e. The van der Waals surface area contributed by atoms with E-state index in [1.165, 1.54) is 17.3 Å². The summed E-state index contributed by atoms with van der Waals surface area (Å²) in [6.07, 6.45) is 6.76. The molecule has 2 aliphatic rings. The van der Waals surface area contributed by atoms with Gasteiger partial charge in [-0.05, 0) is 37.0 Å². The Labute approximate surface area is 208 Å². The molecule has 2 aromatic carbocycles. The van der Waals surface area contributed by atoms with E-state index >= 15 is 0 Å². The molecule has 0 unspecified atom stereocenters. The second kappa shape index (κ2) is 9.00. The number of nitrogens with zero attached hydrogens (tertiary/aromatic N) is 2. The third kappa shape index (κ3) is 3.96. The minimum absolute atomic E-state index is 0.00235. The summed E-state index contributed by atoms with van der Waals surface area (Å²) >= 11 is 1.33. The summed E-state index contributed by atoms with van der Waals surface area (Å²) in [5, 5.41) is 0.555. The van der Waals surface area contributed by atoms with Gasteiger partial charge in [0.15, 0.2) is 10.9 Å². The lowest BCUT2D eigenvalue weighted by Gasteiger charge is -2.36. The first-order valence-electron chi connectivity index (χ1n) is 12.1. The number of carbonyl (C=O) groups is 1. The van der Waals surface area contributed by atoms with Crippen molar-refractivity contribution in [2.75, 3.05) is 5.75 Å². The van der Waals surface area contributed by atoms with E-state index in [2.05, 4.69) is 18.2 Å². The van der Waals surface area contributed by atoms with E-state index in [1.807, 2.05) is 48.5 Å². The van der Waals surface area contributed by atoms with Crippen LogP contribution in [-0.4, -0.2) is 21.1 Å². The van der Waals surface area contributed by atoms with E-state index in [-0.39, 0.29) is 22.5 Å². The molecule has 2 aromatic heterocycles. The molecule has 0 aliphatic heterocycles. The van der Waals surface area contributed by atoms with Crippen LogP contribution in [0.2, 0.25) is 0 Å². The van der Waals surface area contributed by atoms with E-state index in [9.17, 15) is 9.59 Å². The molecule has 2 heterocycles. The Hall–Kier alpha value is -3.38. The van der Waals surface area contributed by atoms with Crippen molar-refractivity contribution in [2.24, 2.45) is 0 Å². The van der Waals surface area contributed by atoms with Gasteiger partial charge in [0.2, 0.25) is 0 Å². The molecule has 1 fully saturated rings. The maximum Gasteiger partial charge on any atom is 0.258 e. The molecule has 0 atom stereocenters. The molecule has 2 aliphatic carbocycles. The Balaban J connectivity index is 1.48. The van der Waals surface area contributed by atoms with Gasteiger partial charge in [-0.3, -0.25) is 14.2 Å². The lowest BCUT2D eigenvalue weighted by Crippen LogP contribution is -2.40. The van der Waals surface area contributed by atoms with Crippen molar-refractivity contribution in [2.45, 2.75) is 49.2 Å². The first-order valence-corrected chi connectivity index (χ1v) is 13.1. The molecule has 4 aromatic rings. The molecule has 176 valence electrons. The molecule has 0 saturated heterocycles. The predicted octanol–water partition coefficient (Wildman–Crippen LogP) is 5.89. The Morgan fingerprint density at radius 3 is 2.54 bits per heavy atom. The zero-order chi connectivity index (χ0) is 23.8. The molecule has 6 heteroatoms. The smallest absolute Gasteiger partial charge is 0.258 e. The number of aromatic nitrogens is 2. The molecule has 0 N–H and O–H groups in total. The second-order valence-corrected chi connectivity index (χ2v) is 10.4. The first kappa shape index (κ1) is 22.1.